The van der Waals surface area contributed by atoms with Crippen molar-refractivity contribution in [1.82, 2.24) is 10.2 Å². The van der Waals surface area contributed by atoms with Crippen molar-refractivity contribution in [3.63, 3.8) is 0 Å². The second-order valence-electron chi connectivity index (χ2n) is 6.57. The molecular weight excluding hydrogens is 333 g/mol. The molecule has 1 amide bonds. The van der Waals surface area contributed by atoms with E-state index in [9.17, 15) is 17.6 Å². The number of likely N-dealkylation sites (tertiary alicyclic amines) is 1. The maximum absolute atomic E-state index is 14.7. The molecule has 0 radical (unpaired) electrons. The summed E-state index contributed by atoms with van der Waals surface area (Å²) in [6.45, 7) is 1.58. The summed E-state index contributed by atoms with van der Waals surface area (Å²) in [5.41, 5.74) is 4.75. The summed E-state index contributed by atoms with van der Waals surface area (Å²) >= 11 is 0. The SMILES string of the molecule is CS(=O)(=O)c1ccc(C2(N)C(=O)N(C3CCNCC3)CC2F)cc1. The smallest absolute Gasteiger partial charge is 0.250 e. The second-order valence-corrected chi connectivity index (χ2v) is 8.59. The number of piperidine rings is 1. The minimum absolute atomic E-state index is 0.00211. The van der Waals surface area contributed by atoms with Gasteiger partial charge in [-0.05, 0) is 43.6 Å². The van der Waals surface area contributed by atoms with Gasteiger partial charge in [-0.15, -0.1) is 0 Å². The van der Waals surface area contributed by atoms with E-state index in [1.165, 1.54) is 24.3 Å². The number of hydrogen-bond acceptors (Lipinski definition) is 5. The van der Waals surface area contributed by atoms with Gasteiger partial charge in [0.1, 0.15) is 6.17 Å². The Bertz CT molecular complexity index is 731. The highest BCUT2D eigenvalue weighted by Gasteiger charge is 2.54. The molecule has 2 fully saturated rings. The van der Waals surface area contributed by atoms with E-state index in [1.54, 1.807) is 4.90 Å². The standard InChI is InChI=1S/C16H22FN3O3S/c1-24(22,23)13-4-2-11(3-5-13)16(18)14(17)10-20(15(16)21)12-6-8-19-9-7-12/h2-5,12,14,19H,6-10,18H2,1H3. The fraction of sp³-hybridized carbons (Fsp3) is 0.562. The van der Waals surface area contributed by atoms with Crippen LogP contribution in [0.5, 0.6) is 0 Å². The van der Waals surface area contributed by atoms with Gasteiger partial charge < -0.3 is 16.0 Å². The van der Waals surface area contributed by atoms with Crippen molar-refractivity contribution < 1.29 is 17.6 Å². The molecule has 2 heterocycles. The summed E-state index contributed by atoms with van der Waals surface area (Å²) in [6, 6.07) is 5.61. The molecule has 2 unspecified atom stereocenters. The third-order valence-electron chi connectivity index (χ3n) is 4.98. The van der Waals surface area contributed by atoms with Crippen LogP contribution in [0.1, 0.15) is 18.4 Å². The molecule has 2 aliphatic rings. The number of halogens is 1. The number of hydrogen-bond donors (Lipinski definition) is 2. The minimum atomic E-state index is -3.35. The zero-order valence-electron chi connectivity index (χ0n) is 13.5. The van der Waals surface area contributed by atoms with Crippen LogP contribution in [0.4, 0.5) is 4.39 Å². The highest BCUT2D eigenvalue weighted by Crippen LogP contribution is 2.36. The van der Waals surface area contributed by atoms with Gasteiger partial charge in [0.15, 0.2) is 15.4 Å². The highest BCUT2D eigenvalue weighted by molar-refractivity contribution is 7.90. The van der Waals surface area contributed by atoms with Crippen LogP contribution < -0.4 is 11.1 Å². The summed E-state index contributed by atoms with van der Waals surface area (Å²) in [6.07, 6.45) is 1.13. The zero-order valence-corrected chi connectivity index (χ0v) is 14.4. The van der Waals surface area contributed by atoms with Gasteiger partial charge in [-0.25, -0.2) is 12.8 Å². The van der Waals surface area contributed by atoms with Crippen molar-refractivity contribution in [3.8, 4) is 0 Å². The van der Waals surface area contributed by atoms with Crippen molar-refractivity contribution in [2.24, 2.45) is 5.73 Å². The minimum Gasteiger partial charge on any atom is -0.335 e. The lowest BCUT2D eigenvalue weighted by atomic mass is 9.88. The molecule has 1 aromatic carbocycles. The third kappa shape index (κ3) is 2.82. The monoisotopic (exact) mass is 355 g/mol. The second kappa shape index (κ2) is 6.09. The average Bonchev–Trinajstić information content (AvgIpc) is 2.80. The molecule has 0 saturated carbocycles. The van der Waals surface area contributed by atoms with Gasteiger partial charge in [-0.1, -0.05) is 12.1 Å². The fourth-order valence-electron chi connectivity index (χ4n) is 3.49. The van der Waals surface area contributed by atoms with Crippen LogP contribution in [0.3, 0.4) is 0 Å². The van der Waals surface area contributed by atoms with Gasteiger partial charge in [0.2, 0.25) is 0 Å². The molecular formula is C16H22FN3O3S. The predicted octanol–water partition coefficient (Wildman–Crippen LogP) is 0.176. The summed E-state index contributed by atoms with van der Waals surface area (Å²) in [5.74, 6) is -0.422. The van der Waals surface area contributed by atoms with Gasteiger partial charge >= 0.3 is 0 Å². The number of amides is 1. The molecule has 2 aliphatic heterocycles. The summed E-state index contributed by atoms with van der Waals surface area (Å²) in [4.78, 5) is 14.5. The number of carbonyl (C=O) groups is 1. The quantitative estimate of drug-likeness (QED) is 0.807. The van der Waals surface area contributed by atoms with E-state index in [1.807, 2.05) is 0 Å². The molecule has 1 aromatic rings. The van der Waals surface area contributed by atoms with Gasteiger partial charge in [0.05, 0.1) is 11.4 Å². The van der Waals surface area contributed by atoms with Gasteiger partial charge in [0.25, 0.3) is 5.91 Å². The van der Waals surface area contributed by atoms with Crippen LogP contribution in [0.25, 0.3) is 0 Å². The van der Waals surface area contributed by atoms with Crippen molar-refractivity contribution in [2.45, 2.75) is 35.5 Å². The van der Waals surface area contributed by atoms with Crippen LogP contribution in [0.2, 0.25) is 0 Å². The molecule has 3 N–H and O–H groups in total. The zero-order chi connectivity index (χ0) is 17.5. The van der Waals surface area contributed by atoms with Gasteiger partial charge in [-0.2, -0.15) is 0 Å². The van der Waals surface area contributed by atoms with E-state index in [0.29, 0.717) is 5.56 Å². The Balaban J connectivity index is 1.89. The molecule has 8 heteroatoms. The maximum Gasteiger partial charge on any atom is 0.250 e. The number of nitrogens with one attached hydrogen (secondary N) is 1. The Morgan fingerprint density at radius 1 is 1.25 bits per heavy atom. The lowest BCUT2D eigenvalue weighted by Crippen LogP contribution is -2.52. The van der Waals surface area contributed by atoms with Gasteiger partial charge in [-0.3, -0.25) is 4.79 Å². The first-order valence-electron chi connectivity index (χ1n) is 8.00. The largest absolute Gasteiger partial charge is 0.335 e. The summed E-state index contributed by atoms with van der Waals surface area (Å²) < 4.78 is 37.8. The first kappa shape index (κ1) is 17.3. The maximum atomic E-state index is 14.7. The first-order chi connectivity index (χ1) is 11.2. The van der Waals surface area contributed by atoms with Crippen LogP contribution in [-0.4, -0.2) is 57.3 Å². The number of benzene rings is 1. The van der Waals surface area contributed by atoms with E-state index in [4.69, 9.17) is 5.73 Å². The number of rotatable bonds is 3. The Labute approximate surface area is 141 Å². The summed E-state index contributed by atoms with van der Waals surface area (Å²) in [7, 11) is -3.35. The molecule has 0 spiro atoms. The highest BCUT2D eigenvalue weighted by atomic mass is 32.2. The van der Waals surface area contributed by atoms with Gasteiger partial charge in [0, 0.05) is 12.3 Å². The number of carbonyl (C=O) groups excluding carboxylic acids is 1. The first-order valence-corrected chi connectivity index (χ1v) is 9.89. The van der Waals surface area contributed by atoms with Crippen molar-refractivity contribution in [2.75, 3.05) is 25.9 Å². The number of alkyl halides is 1. The van der Waals surface area contributed by atoms with Crippen LogP contribution in [0.15, 0.2) is 29.2 Å². The Hall–Kier alpha value is -1.51. The summed E-state index contributed by atoms with van der Waals surface area (Å²) in [5, 5.41) is 3.22. The molecule has 3 rings (SSSR count). The third-order valence-corrected chi connectivity index (χ3v) is 6.10. The number of nitrogens with zero attached hydrogens (tertiary/aromatic N) is 1. The van der Waals surface area contributed by atoms with Crippen molar-refractivity contribution in [3.05, 3.63) is 29.8 Å². The lowest BCUT2D eigenvalue weighted by Gasteiger charge is -2.32. The lowest BCUT2D eigenvalue weighted by molar-refractivity contribution is -0.135. The fourth-order valence-corrected chi connectivity index (χ4v) is 4.12. The molecule has 0 aliphatic carbocycles. The molecule has 0 aromatic heterocycles. The van der Waals surface area contributed by atoms with Crippen molar-refractivity contribution >= 4 is 15.7 Å². The molecule has 0 bridgehead atoms. The van der Waals surface area contributed by atoms with Crippen molar-refractivity contribution in [1.29, 1.82) is 0 Å². The average molecular weight is 355 g/mol. The van der Waals surface area contributed by atoms with Crippen LogP contribution in [0, 0.1) is 0 Å². The number of sulfone groups is 1. The molecule has 6 nitrogen and oxygen atoms in total. The van der Waals surface area contributed by atoms with E-state index in [-0.39, 0.29) is 17.5 Å². The van der Waals surface area contributed by atoms with E-state index in [0.717, 1.165) is 32.2 Å². The van der Waals surface area contributed by atoms with E-state index < -0.39 is 27.5 Å². The molecule has 2 atom stereocenters. The Morgan fingerprint density at radius 2 is 1.83 bits per heavy atom. The van der Waals surface area contributed by atoms with E-state index in [2.05, 4.69) is 5.32 Å². The predicted molar refractivity (Wildman–Crippen MR) is 87.9 cm³/mol. The van der Waals surface area contributed by atoms with E-state index >= 15 is 0 Å². The van der Waals surface area contributed by atoms with Crippen LogP contribution >= 0.6 is 0 Å². The van der Waals surface area contributed by atoms with Crippen LogP contribution in [-0.2, 0) is 20.2 Å². The Kier molecular flexibility index (Phi) is 4.39. The number of nitrogens with two attached hydrogens (primary N) is 1. The normalized spacial score (nSPS) is 29.2. The molecule has 24 heavy (non-hydrogen) atoms. The molecule has 132 valence electrons. The topological polar surface area (TPSA) is 92.5 Å². The molecule has 2 saturated heterocycles. The Morgan fingerprint density at radius 3 is 2.38 bits per heavy atom.